The molecule has 2 nitrogen and oxygen atoms in total. The van der Waals surface area contributed by atoms with Crippen LogP contribution >= 0.6 is 0 Å². The van der Waals surface area contributed by atoms with E-state index >= 15 is 0 Å². The quantitative estimate of drug-likeness (QED) is 0.636. The third-order valence-electron chi connectivity index (χ3n) is 5.63. The molecule has 152 valence electrons. The molecule has 0 saturated heterocycles. The first-order chi connectivity index (χ1) is 13.0. The van der Waals surface area contributed by atoms with Crippen LogP contribution in [0.5, 0.6) is 0 Å². The lowest BCUT2D eigenvalue weighted by Gasteiger charge is -2.33. The molecule has 9 heteroatoms. The molecular formula is C19H16F7NO. The number of aromatic nitrogens is 1. The monoisotopic (exact) mass is 407 g/mol. The van der Waals surface area contributed by atoms with Gasteiger partial charge in [-0.25, -0.2) is 17.6 Å². The molecule has 1 heterocycles. The summed E-state index contributed by atoms with van der Waals surface area (Å²) in [5, 5.41) is 9.94. The standard InChI is InChI=1S/C19H16F7NO/c20-10-6-9-2-1-3-13(15(9)12(21)7-10)27-8-11(19(24,25)26)16-14(27)4-5-18(22,23)17(16)28/h6-8,13,17,28H,1-5H2/t13-,17-/m0/s1. The molecule has 0 bridgehead atoms. The Balaban J connectivity index is 1.93. The van der Waals surface area contributed by atoms with Gasteiger partial charge in [0.05, 0.1) is 11.6 Å². The maximum absolute atomic E-state index is 14.5. The molecule has 0 fully saturated rings. The Morgan fingerprint density at radius 2 is 1.79 bits per heavy atom. The zero-order valence-corrected chi connectivity index (χ0v) is 14.5. The molecule has 2 aliphatic rings. The van der Waals surface area contributed by atoms with Crippen LogP contribution in [0.4, 0.5) is 30.7 Å². The van der Waals surface area contributed by atoms with Crippen molar-refractivity contribution in [3.63, 3.8) is 0 Å². The average molecular weight is 407 g/mol. The molecule has 4 rings (SSSR count). The fourth-order valence-electron chi connectivity index (χ4n) is 4.41. The number of benzene rings is 1. The topological polar surface area (TPSA) is 25.2 Å². The smallest absolute Gasteiger partial charge is 0.382 e. The van der Waals surface area contributed by atoms with Crippen LogP contribution in [-0.4, -0.2) is 15.6 Å². The van der Waals surface area contributed by atoms with Gasteiger partial charge in [0.15, 0.2) is 0 Å². The number of aryl methyl sites for hydroxylation is 1. The van der Waals surface area contributed by atoms with E-state index in [1.165, 1.54) is 0 Å². The fraction of sp³-hybridized carbons (Fsp3) is 0.474. The zero-order chi connectivity index (χ0) is 20.4. The van der Waals surface area contributed by atoms with Gasteiger partial charge in [-0.2, -0.15) is 13.2 Å². The highest BCUT2D eigenvalue weighted by Gasteiger charge is 2.50. The first-order valence-electron chi connectivity index (χ1n) is 8.85. The number of halogens is 7. The van der Waals surface area contributed by atoms with E-state index in [1.54, 1.807) is 0 Å². The lowest BCUT2D eigenvalue weighted by atomic mass is 9.85. The molecule has 0 saturated carbocycles. The van der Waals surface area contributed by atoms with Gasteiger partial charge in [-0.05, 0) is 37.3 Å². The van der Waals surface area contributed by atoms with Crippen molar-refractivity contribution in [2.45, 2.75) is 56.3 Å². The Kier molecular flexibility index (Phi) is 4.30. The van der Waals surface area contributed by atoms with Crippen LogP contribution in [0.3, 0.4) is 0 Å². The molecule has 2 atom stereocenters. The van der Waals surface area contributed by atoms with Crippen molar-refractivity contribution >= 4 is 0 Å². The van der Waals surface area contributed by atoms with E-state index in [-0.39, 0.29) is 24.1 Å². The second-order valence-corrected chi connectivity index (χ2v) is 7.34. The lowest BCUT2D eigenvalue weighted by Crippen LogP contribution is -2.34. The Labute approximate surface area is 155 Å². The van der Waals surface area contributed by atoms with Crippen LogP contribution in [0.2, 0.25) is 0 Å². The molecule has 0 unspecified atom stereocenters. The van der Waals surface area contributed by atoms with Crippen molar-refractivity contribution in [3.05, 3.63) is 57.9 Å². The SMILES string of the molecule is O[C@H]1c2c(C(F)(F)F)cn([C@H]3CCCc4cc(F)cc(F)c43)c2CCC1(F)F. The highest BCUT2D eigenvalue weighted by atomic mass is 19.4. The van der Waals surface area contributed by atoms with E-state index in [4.69, 9.17) is 0 Å². The Morgan fingerprint density at radius 3 is 2.46 bits per heavy atom. The summed E-state index contributed by atoms with van der Waals surface area (Å²) in [6.07, 6.45) is -6.93. The molecule has 0 radical (unpaired) electrons. The van der Waals surface area contributed by atoms with E-state index in [0.717, 1.165) is 10.6 Å². The maximum atomic E-state index is 14.5. The van der Waals surface area contributed by atoms with E-state index < -0.39 is 53.4 Å². The normalized spacial score (nSPS) is 24.0. The largest absolute Gasteiger partial charge is 0.418 e. The van der Waals surface area contributed by atoms with Crippen molar-refractivity contribution in [2.75, 3.05) is 0 Å². The van der Waals surface area contributed by atoms with Gasteiger partial charge in [-0.15, -0.1) is 0 Å². The van der Waals surface area contributed by atoms with Gasteiger partial charge in [-0.3, -0.25) is 0 Å². The highest BCUT2D eigenvalue weighted by molar-refractivity contribution is 5.43. The van der Waals surface area contributed by atoms with Crippen LogP contribution in [0.25, 0.3) is 0 Å². The molecule has 28 heavy (non-hydrogen) atoms. The van der Waals surface area contributed by atoms with Gasteiger partial charge in [0, 0.05) is 35.5 Å². The summed E-state index contributed by atoms with van der Waals surface area (Å²) in [7, 11) is 0. The van der Waals surface area contributed by atoms with Gasteiger partial charge in [0.1, 0.15) is 17.7 Å². The summed E-state index contributed by atoms with van der Waals surface area (Å²) >= 11 is 0. The zero-order valence-electron chi connectivity index (χ0n) is 14.5. The lowest BCUT2D eigenvalue weighted by molar-refractivity contribution is -0.147. The predicted octanol–water partition coefficient (Wildman–Crippen LogP) is 5.33. The second-order valence-electron chi connectivity index (χ2n) is 7.34. The minimum absolute atomic E-state index is 0.0750. The molecule has 0 aliphatic heterocycles. The fourth-order valence-corrected chi connectivity index (χ4v) is 4.41. The maximum Gasteiger partial charge on any atom is 0.418 e. The summed E-state index contributed by atoms with van der Waals surface area (Å²) in [4.78, 5) is 0. The third-order valence-corrected chi connectivity index (χ3v) is 5.63. The molecule has 2 aliphatic carbocycles. The first kappa shape index (κ1) is 19.3. The number of aliphatic hydroxyl groups is 1. The van der Waals surface area contributed by atoms with Crippen LogP contribution < -0.4 is 0 Å². The van der Waals surface area contributed by atoms with Crippen LogP contribution in [0.1, 0.15) is 59.4 Å². The summed E-state index contributed by atoms with van der Waals surface area (Å²) in [5.74, 6) is -5.34. The Hall–Kier alpha value is -2.03. The number of fused-ring (bicyclic) bond motifs is 2. The van der Waals surface area contributed by atoms with E-state index in [0.29, 0.717) is 30.7 Å². The minimum atomic E-state index is -4.96. The Morgan fingerprint density at radius 1 is 1.07 bits per heavy atom. The summed E-state index contributed by atoms with van der Waals surface area (Å²) in [6.45, 7) is 0. The highest BCUT2D eigenvalue weighted by Crippen LogP contribution is 2.49. The molecule has 2 aromatic rings. The Bertz CT molecular complexity index is 931. The number of hydrogen-bond donors (Lipinski definition) is 1. The van der Waals surface area contributed by atoms with Crippen molar-refractivity contribution < 1.29 is 35.8 Å². The predicted molar refractivity (Wildman–Crippen MR) is 85.1 cm³/mol. The molecule has 1 N–H and O–H groups in total. The molecule has 0 spiro atoms. The van der Waals surface area contributed by atoms with Gasteiger partial charge in [0.2, 0.25) is 0 Å². The number of hydrogen-bond acceptors (Lipinski definition) is 1. The second kappa shape index (κ2) is 6.23. The average Bonchev–Trinajstić information content (AvgIpc) is 2.97. The molecule has 0 amide bonds. The summed E-state index contributed by atoms with van der Waals surface area (Å²) in [5.41, 5.74) is -1.84. The summed E-state index contributed by atoms with van der Waals surface area (Å²) in [6, 6.07) is 0.933. The van der Waals surface area contributed by atoms with Crippen molar-refractivity contribution in [1.29, 1.82) is 0 Å². The number of rotatable bonds is 1. The molecule has 1 aromatic carbocycles. The summed E-state index contributed by atoms with van der Waals surface area (Å²) < 4.78 is 97.6. The molecule has 1 aromatic heterocycles. The van der Waals surface area contributed by atoms with Crippen LogP contribution in [0, 0.1) is 11.6 Å². The van der Waals surface area contributed by atoms with Gasteiger partial charge >= 0.3 is 6.18 Å². The van der Waals surface area contributed by atoms with Gasteiger partial charge < -0.3 is 9.67 Å². The van der Waals surface area contributed by atoms with Crippen molar-refractivity contribution in [3.8, 4) is 0 Å². The number of nitrogens with zero attached hydrogens (tertiary/aromatic N) is 1. The van der Waals surface area contributed by atoms with Gasteiger partial charge in [-0.1, -0.05) is 0 Å². The van der Waals surface area contributed by atoms with Crippen molar-refractivity contribution in [1.82, 2.24) is 4.57 Å². The molecular weight excluding hydrogens is 391 g/mol. The first-order valence-corrected chi connectivity index (χ1v) is 8.85. The number of aliphatic hydroxyl groups excluding tert-OH is 1. The van der Waals surface area contributed by atoms with Gasteiger partial charge in [0.25, 0.3) is 5.92 Å². The third kappa shape index (κ3) is 2.91. The van der Waals surface area contributed by atoms with E-state index in [2.05, 4.69) is 0 Å². The van der Waals surface area contributed by atoms with Crippen LogP contribution in [-0.2, 0) is 19.0 Å². The minimum Gasteiger partial charge on any atom is -0.382 e. The van der Waals surface area contributed by atoms with Crippen molar-refractivity contribution in [2.24, 2.45) is 0 Å². The van der Waals surface area contributed by atoms with E-state index in [1.807, 2.05) is 0 Å². The van der Waals surface area contributed by atoms with Crippen LogP contribution in [0.15, 0.2) is 18.3 Å². The number of alkyl halides is 5. The van der Waals surface area contributed by atoms with E-state index in [9.17, 15) is 35.8 Å².